The SMILES string of the molecule is O=C(COc1c(Br)cccc1Br)Nc1c(F)cc(F)cc1Br. The van der Waals surface area contributed by atoms with Crippen LogP contribution in [0.2, 0.25) is 0 Å². The molecule has 3 nitrogen and oxygen atoms in total. The summed E-state index contributed by atoms with van der Waals surface area (Å²) in [6.07, 6.45) is 0. The number of amides is 1. The van der Waals surface area contributed by atoms with Crippen molar-refractivity contribution in [2.24, 2.45) is 0 Å². The summed E-state index contributed by atoms with van der Waals surface area (Å²) in [5.74, 6) is -1.73. The van der Waals surface area contributed by atoms with Crippen molar-refractivity contribution < 1.29 is 18.3 Å². The molecule has 1 amide bonds. The lowest BCUT2D eigenvalue weighted by Gasteiger charge is -2.12. The van der Waals surface area contributed by atoms with Gasteiger partial charge in [0.15, 0.2) is 12.4 Å². The molecule has 0 aromatic heterocycles. The van der Waals surface area contributed by atoms with Gasteiger partial charge in [-0.05, 0) is 66.0 Å². The average Bonchev–Trinajstić information content (AvgIpc) is 2.42. The quantitative estimate of drug-likeness (QED) is 0.622. The molecule has 0 aliphatic carbocycles. The van der Waals surface area contributed by atoms with Gasteiger partial charge < -0.3 is 10.1 Å². The fraction of sp³-hybridized carbons (Fsp3) is 0.0714. The van der Waals surface area contributed by atoms with Crippen molar-refractivity contribution in [2.75, 3.05) is 11.9 Å². The van der Waals surface area contributed by atoms with Gasteiger partial charge in [0, 0.05) is 10.5 Å². The highest BCUT2D eigenvalue weighted by Gasteiger charge is 2.14. The predicted molar refractivity (Wildman–Crippen MR) is 90.0 cm³/mol. The molecule has 2 aromatic carbocycles. The molecule has 2 rings (SSSR count). The fourth-order valence-electron chi connectivity index (χ4n) is 1.60. The minimum Gasteiger partial charge on any atom is -0.481 e. The van der Waals surface area contributed by atoms with Crippen molar-refractivity contribution >= 4 is 59.4 Å². The third-order valence-electron chi connectivity index (χ3n) is 2.54. The van der Waals surface area contributed by atoms with E-state index in [-0.39, 0.29) is 16.8 Å². The largest absolute Gasteiger partial charge is 0.481 e. The van der Waals surface area contributed by atoms with Gasteiger partial charge in [-0.15, -0.1) is 0 Å². The van der Waals surface area contributed by atoms with Gasteiger partial charge in [0.2, 0.25) is 0 Å². The lowest BCUT2D eigenvalue weighted by molar-refractivity contribution is -0.118. The van der Waals surface area contributed by atoms with Crippen LogP contribution in [-0.2, 0) is 4.79 Å². The molecule has 0 atom stereocenters. The van der Waals surface area contributed by atoms with Crippen LogP contribution in [0.1, 0.15) is 0 Å². The van der Waals surface area contributed by atoms with E-state index in [2.05, 4.69) is 53.1 Å². The van der Waals surface area contributed by atoms with Crippen LogP contribution >= 0.6 is 47.8 Å². The number of para-hydroxylation sites is 1. The van der Waals surface area contributed by atoms with E-state index in [4.69, 9.17) is 4.74 Å². The highest BCUT2D eigenvalue weighted by molar-refractivity contribution is 9.11. The number of halogens is 5. The van der Waals surface area contributed by atoms with Crippen LogP contribution in [0.5, 0.6) is 5.75 Å². The number of carbonyl (C=O) groups excluding carboxylic acids is 1. The minimum absolute atomic E-state index is 0.112. The molecule has 0 saturated carbocycles. The van der Waals surface area contributed by atoms with E-state index < -0.39 is 17.5 Å². The molecule has 8 heteroatoms. The Morgan fingerprint density at radius 2 is 1.73 bits per heavy atom. The monoisotopic (exact) mass is 497 g/mol. The van der Waals surface area contributed by atoms with Gasteiger partial charge in [-0.25, -0.2) is 8.78 Å². The van der Waals surface area contributed by atoms with Crippen molar-refractivity contribution in [2.45, 2.75) is 0 Å². The second kappa shape index (κ2) is 7.52. The number of nitrogens with one attached hydrogen (secondary N) is 1. The molecular weight excluding hydrogens is 492 g/mol. The van der Waals surface area contributed by atoms with E-state index in [0.717, 1.165) is 6.07 Å². The number of ether oxygens (including phenoxy) is 1. The van der Waals surface area contributed by atoms with Gasteiger partial charge in [-0.1, -0.05) is 6.07 Å². The Morgan fingerprint density at radius 3 is 2.32 bits per heavy atom. The Balaban J connectivity index is 2.05. The summed E-state index contributed by atoms with van der Waals surface area (Å²) in [5, 5.41) is 2.33. The Morgan fingerprint density at radius 1 is 1.09 bits per heavy atom. The molecule has 0 aliphatic rings. The zero-order chi connectivity index (χ0) is 16.3. The van der Waals surface area contributed by atoms with Crippen LogP contribution < -0.4 is 10.1 Å². The maximum absolute atomic E-state index is 13.6. The van der Waals surface area contributed by atoms with Gasteiger partial charge in [0.25, 0.3) is 5.91 Å². The van der Waals surface area contributed by atoms with E-state index in [1.54, 1.807) is 18.2 Å². The molecule has 0 radical (unpaired) electrons. The zero-order valence-corrected chi connectivity index (χ0v) is 15.6. The first-order valence-electron chi connectivity index (χ1n) is 5.89. The maximum Gasteiger partial charge on any atom is 0.262 e. The number of hydrogen-bond donors (Lipinski definition) is 1. The molecule has 0 aliphatic heterocycles. The molecular formula is C14H8Br3F2NO2. The molecule has 0 unspecified atom stereocenters. The summed E-state index contributed by atoms with van der Waals surface area (Å²) < 4.78 is 33.4. The van der Waals surface area contributed by atoms with E-state index in [0.29, 0.717) is 20.8 Å². The summed E-state index contributed by atoms with van der Waals surface area (Å²) >= 11 is 9.59. The standard InChI is InChI=1S/C14H8Br3F2NO2/c15-8-2-1-3-9(16)14(8)22-6-12(21)20-13-10(17)4-7(18)5-11(13)19/h1-5H,6H2,(H,20,21). The number of rotatable bonds is 4. The van der Waals surface area contributed by atoms with E-state index in [1.807, 2.05) is 0 Å². The summed E-state index contributed by atoms with van der Waals surface area (Å²) in [7, 11) is 0. The molecule has 2 aromatic rings. The Kier molecular flexibility index (Phi) is 5.94. The summed E-state index contributed by atoms with van der Waals surface area (Å²) in [6, 6.07) is 7.06. The first-order chi connectivity index (χ1) is 10.4. The normalized spacial score (nSPS) is 10.4. The van der Waals surface area contributed by atoms with Crippen molar-refractivity contribution in [1.82, 2.24) is 0 Å². The average molecular weight is 500 g/mol. The summed E-state index contributed by atoms with van der Waals surface area (Å²) in [4.78, 5) is 11.8. The molecule has 0 spiro atoms. The predicted octanol–water partition coefficient (Wildman–Crippen LogP) is 5.27. The maximum atomic E-state index is 13.6. The van der Waals surface area contributed by atoms with Gasteiger partial charge in [-0.2, -0.15) is 0 Å². The summed E-state index contributed by atoms with van der Waals surface area (Å²) in [5.41, 5.74) is -0.138. The van der Waals surface area contributed by atoms with Crippen LogP contribution in [0, 0.1) is 11.6 Å². The van der Waals surface area contributed by atoms with Gasteiger partial charge in [0.1, 0.15) is 11.6 Å². The van der Waals surface area contributed by atoms with E-state index in [9.17, 15) is 13.6 Å². The first kappa shape index (κ1) is 17.4. The van der Waals surface area contributed by atoms with Crippen molar-refractivity contribution in [3.8, 4) is 5.75 Å². The van der Waals surface area contributed by atoms with Gasteiger partial charge in [-0.3, -0.25) is 4.79 Å². The van der Waals surface area contributed by atoms with Crippen molar-refractivity contribution in [1.29, 1.82) is 0 Å². The second-order valence-electron chi connectivity index (χ2n) is 4.13. The number of hydrogen-bond acceptors (Lipinski definition) is 2. The third-order valence-corrected chi connectivity index (χ3v) is 4.41. The number of carbonyl (C=O) groups is 1. The highest BCUT2D eigenvalue weighted by atomic mass is 79.9. The Hall–Kier alpha value is -0.990. The van der Waals surface area contributed by atoms with Crippen molar-refractivity contribution in [3.05, 3.63) is 55.4 Å². The van der Waals surface area contributed by atoms with Crippen LogP contribution in [-0.4, -0.2) is 12.5 Å². The zero-order valence-electron chi connectivity index (χ0n) is 10.8. The van der Waals surface area contributed by atoms with Gasteiger partial charge in [0.05, 0.1) is 14.6 Å². The molecule has 0 heterocycles. The molecule has 0 fully saturated rings. The number of benzene rings is 2. The van der Waals surface area contributed by atoms with E-state index >= 15 is 0 Å². The van der Waals surface area contributed by atoms with Crippen LogP contribution in [0.25, 0.3) is 0 Å². The number of anilines is 1. The smallest absolute Gasteiger partial charge is 0.262 e. The third kappa shape index (κ3) is 4.27. The Labute approximate surface area is 150 Å². The van der Waals surface area contributed by atoms with Crippen molar-refractivity contribution in [3.63, 3.8) is 0 Å². The Bertz CT molecular complexity index is 682. The minimum atomic E-state index is -0.873. The highest BCUT2D eigenvalue weighted by Crippen LogP contribution is 2.33. The second-order valence-corrected chi connectivity index (χ2v) is 6.70. The van der Waals surface area contributed by atoms with E-state index in [1.165, 1.54) is 0 Å². The summed E-state index contributed by atoms with van der Waals surface area (Å²) in [6.45, 7) is -0.329. The van der Waals surface area contributed by atoms with Crippen LogP contribution in [0.3, 0.4) is 0 Å². The van der Waals surface area contributed by atoms with Crippen LogP contribution in [0.4, 0.5) is 14.5 Å². The molecule has 116 valence electrons. The topological polar surface area (TPSA) is 38.3 Å². The fourth-order valence-corrected chi connectivity index (χ4v) is 3.33. The first-order valence-corrected chi connectivity index (χ1v) is 8.27. The lowest BCUT2D eigenvalue weighted by Crippen LogP contribution is -2.21. The van der Waals surface area contributed by atoms with Crippen LogP contribution in [0.15, 0.2) is 43.7 Å². The molecule has 1 N–H and O–H groups in total. The molecule has 0 saturated heterocycles. The molecule has 22 heavy (non-hydrogen) atoms. The van der Waals surface area contributed by atoms with Gasteiger partial charge >= 0.3 is 0 Å². The lowest BCUT2D eigenvalue weighted by atomic mass is 10.3. The molecule has 0 bridgehead atoms.